The molecule has 0 N–H and O–H groups in total. The Morgan fingerprint density at radius 3 is 1.98 bits per heavy atom. The Bertz CT molecular complexity index is 2400. The van der Waals surface area contributed by atoms with E-state index >= 15 is 0 Å². The monoisotopic (exact) mass is 593 g/mol. The summed E-state index contributed by atoms with van der Waals surface area (Å²) in [5, 5.41) is 5.22. The van der Waals surface area contributed by atoms with E-state index in [4.69, 9.17) is 0 Å². The molecule has 45 heavy (non-hydrogen) atoms. The van der Waals surface area contributed by atoms with Crippen LogP contribution in [0.25, 0.3) is 53.2 Å². The van der Waals surface area contributed by atoms with Gasteiger partial charge in [-0.3, -0.25) is 0 Å². The van der Waals surface area contributed by atoms with Crippen molar-refractivity contribution in [2.75, 3.05) is 4.90 Å². The fraction of sp³-hybridized carbons (Fsp3) is 0.0698. The van der Waals surface area contributed by atoms with Gasteiger partial charge in [0.25, 0.3) is 0 Å². The average Bonchev–Trinajstić information content (AvgIpc) is 3.56. The van der Waals surface area contributed by atoms with Crippen molar-refractivity contribution in [1.82, 2.24) is 0 Å². The van der Waals surface area contributed by atoms with Gasteiger partial charge in [-0.1, -0.05) is 117 Å². The van der Waals surface area contributed by atoms with Crippen molar-refractivity contribution in [3.8, 4) is 22.3 Å². The Labute approximate surface area is 267 Å². The average molecular weight is 594 g/mol. The maximum Gasteiger partial charge on any atom is 0.0508 e. The third-order valence-electron chi connectivity index (χ3n) is 9.61. The van der Waals surface area contributed by atoms with Gasteiger partial charge >= 0.3 is 0 Å². The van der Waals surface area contributed by atoms with E-state index in [1.807, 2.05) is 11.3 Å². The van der Waals surface area contributed by atoms with Gasteiger partial charge in [-0.15, -0.1) is 11.3 Å². The SMILES string of the molecule is CC1(C)c2cc3ccccc3cc2-c2cccc(N(c3ccc(-c4ccccc4)cc3)c3ccc4c(c3)sc3ccccc34)c21. The smallest absolute Gasteiger partial charge is 0.0508 e. The maximum absolute atomic E-state index is 2.48. The van der Waals surface area contributed by atoms with Crippen LogP contribution < -0.4 is 4.90 Å². The van der Waals surface area contributed by atoms with Gasteiger partial charge in [-0.2, -0.15) is 0 Å². The first-order chi connectivity index (χ1) is 22.1. The largest absolute Gasteiger partial charge is 0.310 e. The van der Waals surface area contributed by atoms with Crippen molar-refractivity contribution < 1.29 is 0 Å². The van der Waals surface area contributed by atoms with E-state index < -0.39 is 0 Å². The van der Waals surface area contributed by atoms with E-state index in [1.54, 1.807) is 0 Å². The highest BCUT2D eigenvalue weighted by Gasteiger charge is 2.39. The second kappa shape index (κ2) is 9.92. The third-order valence-corrected chi connectivity index (χ3v) is 10.7. The van der Waals surface area contributed by atoms with Gasteiger partial charge in [-0.05, 0) is 92.7 Å². The van der Waals surface area contributed by atoms with Crippen molar-refractivity contribution in [1.29, 1.82) is 0 Å². The molecule has 214 valence electrons. The first-order valence-corrected chi connectivity index (χ1v) is 16.4. The molecule has 0 fully saturated rings. The third kappa shape index (κ3) is 4.06. The summed E-state index contributed by atoms with van der Waals surface area (Å²) in [6.45, 7) is 4.78. The van der Waals surface area contributed by atoms with E-state index in [9.17, 15) is 0 Å². The van der Waals surface area contributed by atoms with Crippen LogP contribution in [0.2, 0.25) is 0 Å². The number of nitrogens with zero attached hydrogens (tertiary/aromatic N) is 1. The fourth-order valence-electron chi connectivity index (χ4n) is 7.44. The van der Waals surface area contributed by atoms with Crippen LogP contribution in [-0.4, -0.2) is 0 Å². The minimum Gasteiger partial charge on any atom is -0.310 e. The summed E-state index contributed by atoms with van der Waals surface area (Å²) in [7, 11) is 0. The molecule has 0 aliphatic heterocycles. The van der Waals surface area contributed by atoms with Crippen LogP contribution >= 0.6 is 11.3 Å². The number of benzene rings is 7. The summed E-state index contributed by atoms with van der Waals surface area (Å²) in [5.74, 6) is 0. The van der Waals surface area contributed by atoms with Crippen LogP contribution in [0.1, 0.15) is 25.0 Å². The summed E-state index contributed by atoms with van der Waals surface area (Å²) in [6.07, 6.45) is 0. The maximum atomic E-state index is 2.48. The Morgan fingerprint density at radius 1 is 0.489 bits per heavy atom. The molecule has 2 heteroatoms. The molecule has 0 radical (unpaired) electrons. The number of fused-ring (bicyclic) bond motifs is 7. The van der Waals surface area contributed by atoms with Crippen molar-refractivity contribution in [2.24, 2.45) is 0 Å². The van der Waals surface area contributed by atoms with Crippen molar-refractivity contribution in [2.45, 2.75) is 19.3 Å². The van der Waals surface area contributed by atoms with Gasteiger partial charge < -0.3 is 4.90 Å². The Balaban J connectivity index is 1.27. The summed E-state index contributed by atoms with van der Waals surface area (Å²) in [4.78, 5) is 2.48. The Hall–Kier alpha value is -5.18. The number of hydrogen-bond donors (Lipinski definition) is 0. The molecule has 0 saturated heterocycles. The minimum absolute atomic E-state index is 0.171. The van der Waals surface area contributed by atoms with Crippen LogP contribution in [0.15, 0.2) is 152 Å². The highest BCUT2D eigenvalue weighted by atomic mass is 32.1. The fourth-order valence-corrected chi connectivity index (χ4v) is 8.58. The quantitative estimate of drug-likeness (QED) is 0.196. The molecule has 7 aromatic carbocycles. The topological polar surface area (TPSA) is 3.24 Å². The molecular weight excluding hydrogens is 563 g/mol. The summed E-state index contributed by atoms with van der Waals surface area (Å²) < 4.78 is 2.63. The van der Waals surface area contributed by atoms with E-state index in [1.165, 1.54) is 75.7 Å². The molecule has 8 aromatic rings. The van der Waals surface area contributed by atoms with E-state index in [0.717, 1.165) is 5.69 Å². The zero-order valence-corrected chi connectivity index (χ0v) is 26.1. The number of hydrogen-bond acceptors (Lipinski definition) is 2. The molecule has 1 nitrogen and oxygen atoms in total. The first kappa shape index (κ1) is 26.2. The van der Waals surface area contributed by atoms with Crippen LogP contribution in [0, 0.1) is 0 Å². The molecule has 1 aliphatic rings. The van der Waals surface area contributed by atoms with Gasteiger partial charge in [-0.25, -0.2) is 0 Å². The number of anilines is 3. The lowest BCUT2D eigenvalue weighted by Crippen LogP contribution is -2.20. The highest BCUT2D eigenvalue weighted by molar-refractivity contribution is 7.25. The molecule has 1 aliphatic carbocycles. The van der Waals surface area contributed by atoms with Crippen molar-refractivity contribution in [3.05, 3.63) is 163 Å². The highest BCUT2D eigenvalue weighted by Crippen LogP contribution is 2.55. The zero-order chi connectivity index (χ0) is 30.1. The molecule has 1 heterocycles. The molecule has 0 atom stereocenters. The van der Waals surface area contributed by atoms with E-state index in [0.29, 0.717) is 0 Å². The second-order valence-electron chi connectivity index (χ2n) is 12.6. The van der Waals surface area contributed by atoms with Crippen molar-refractivity contribution in [3.63, 3.8) is 0 Å². The normalized spacial score (nSPS) is 13.3. The van der Waals surface area contributed by atoms with Gasteiger partial charge in [0.15, 0.2) is 0 Å². The molecule has 0 amide bonds. The first-order valence-electron chi connectivity index (χ1n) is 15.6. The molecule has 1 aromatic heterocycles. The second-order valence-corrected chi connectivity index (χ2v) is 13.7. The summed E-state index contributed by atoms with van der Waals surface area (Å²) in [5.41, 5.74) is 11.3. The standard InChI is InChI=1S/C43H31NS/c1-43(2)38-26-31-14-7-6-13-30(31)25-37(38)36-16-10-17-39(42(36)43)44(32-21-19-29(20-22-32)28-11-4-3-5-12-28)33-23-24-35-34-15-8-9-18-40(34)45-41(35)27-33/h3-27H,1-2H3. The minimum atomic E-state index is -0.171. The summed E-state index contributed by atoms with van der Waals surface area (Å²) in [6, 6.07) is 55.8. The molecular formula is C43H31NS. The van der Waals surface area contributed by atoms with Gasteiger partial charge in [0, 0.05) is 37.0 Å². The Morgan fingerprint density at radius 2 is 1.16 bits per heavy atom. The summed E-state index contributed by atoms with van der Waals surface area (Å²) >= 11 is 1.87. The number of thiophene rings is 1. The van der Waals surface area contributed by atoms with E-state index in [-0.39, 0.29) is 5.41 Å². The Kier molecular flexibility index (Phi) is 5.78. The van der Waals surface area contributed by atoms with Crippen LogP contribution in [0.5, 0.6) is 0 Å². The lowest BCUT2D eigenvalue weighted by molar-refractivity contribution is 0.661. The van der Waals surface area contributed by atoms with Crippen molar-refractivity contribution >= 4 is 59.3 Å². The molecule has 9 rings (SSSR count). The van der Waals surface area contributed by atoms with Crippen LogP contribution in [-0.2, 0) is 5.41 Å². The lowest BCUT2D eigenvalue weighted by Gasteiger charge is -2.32. The van der Waals surface area contributed by atoms with Gasteiger partial charge in [0.1, 0.15) is 0 Å². The van der Waals surface area contributed by atoms with Gasteiger partial charge in [0.2, 0.25) is 0 Å². The number of rotatable bonds is 4. The van der Waals surface area contributed by atoms with Gasteiger partial charge in [0.05, 0.1) is 5.69 Å². The lowest BCUT2D eigenvalue weighted by atomic mass is 9.80. The molecule has 0 bridgehead atoms. The van der Waals surface area contributed by atoms with E-state index in [2.05, 4.69) is 170 Å². The van der Waals surface area contributed by atoms with Crippen LogP contribution in [0.3, 0.4) is 0 Å². The molecule has 0 spiro atoms. The molecule has 0 saturated carbocycles. The molecule has 0 unspecified atom stereocenters. The zero-order valence-electron chi connectivity index (χ0n) is 25.3. The predicted octanol–water partition coefficient (Wildman–Crippen LogP) is 12.7. The predicted molar refractivity (Wildman–Crippen MR) is 195 cm³/mol. The van der Waals surface area contributed by atoms with Crippen LogP contribution in [0.4, 0.5) is 17.1 Å².